The van der Waals surface area contributed by atoms with Gasteiger partial charge in [-0.05, 0) is 51.4 Å². The van der Waals surface area contributed by atoms with Gasteiger partial charge in [0.1, 0.15) is 6.10 Å². The standard InChI is InChI=1S/C14H25O3PS2/c1-9(2)14(15)16-10(3)12-5-7-13(8-6-12)11(4)18-17-20-19/h10-13,18-19H,1,5-8H2,2-4H3. The first-order valence-electron chi connectivity index (χ1n) is 7.04. The van der Waals surface area contributed by atoms with Gasteiger partial charge >= 0.3 is 5.97 Å². The van der Waals surface area contributed by atoms with Crippen molar-refractivity contribution in [1.29, 1.82) is 0 Å². The summed E-state index contributed by atoms with van der Waals surface area (Å²) < 4.78 is 10.8. The SMILES string of the molecule is C=C(C)C(=O)OC(C)C1CCC(C(C)POSS)CC1. The van der Waals surface area contributed by atoms with E-state index in [0.717, 1.165) is 23.9 Å². The highest BCUT2D eigenvalue weighted by Gasteiger charge is 2.30. The van der Waals surface area contributed by atoms with E-state index in [-0.39, 0.29) is 12.1 Å². The van der Waals surface area contributed by atoms with Crippen LogP contribution in [0.25, 0.3) is 0 Å². The Morgan fingerprint density at radius 1 is 1.30 bits per heavy atom. The summed E-state index contributed by atoms with van der Waals surface area (Å²) >= 11 is 5.14. The Labute approximate surface area is 133 Å². The van der Waals surface area contributed by atoms with Crippen molar-refractivity contribution in [2.24, 2.45) is 11.8 Å². The molecule has 0 spiro atoms. The zero-order valence-corrected chi connectivity index (χ0v) is 15.1. The molecule has 116 valence electrons. The molecule has 0 heterocycles. The highest BCUT2D eigenvalue weighted by molar-refractivity contribution is 8.67. The monoisotopic (exact) mass is 336 g/mol. The van der Waals surface area contributed by atoms with Crippen molar-refractivity contribution in [3.05, 3.63) is 12.2 Å². The lowest BCUT2D eigenvalue weighted by Crippen LogP contribution is -2.30. The van der Waals surface area contributed by atoms with Crippen LogP contribution in [0.4, 0.5) is 0 Å². The first kappa shape index (κ1) is 18.3. The van der Waals surface area contributed by atoms with Crippen LogP contribution in [0.15, 0.2) is 12.2 Å². The van der Waals surface area contributed by atoms with E-state index in [4.69, 9.17) is 8.71 Å². The maximum absolute atomic E-state index is 11.5. The van der Waals surface area contributed by atoms with Gasteiger partial charge in [0.15, 0.2) is 0 Å². The summed E-state index contributed by atoms with van der Waals surface area (Å²) in [5.41, 5.74) is 1.06. The molecule has 3 atom stereocenters. The number of hydrogen-bond acceptors (Lipinski definition) is 5. The van der Waals surface area contributed by atoms with Crippen molar-refractivity contribution in [2.45, 2.75) is 58.2 Å². The van der Waals surface area contributed by atoms with Gasteiger partial charge in [-0.25, -0.2) is 4.79 Å². The Bertz CT molecular complexity index is 330. The fourth-order valence-electron chi connectivity index (χ4n) is 2.67. The van der Waals surface area contributed by atoms with Crippen molar-refractivity contribution in [1.82, 2.24) is 0 Å². The predicted octanol–water partition coefficient (Wildman–Crippen LogP) is 4.79. The van der Waals surface area contributed by atoms with E-state index in [9.17, 15) is 4.79 Å². The molecule has 3 nitrogen and oxygen atoms in total. The van der Waals surface area contributed by atoms with Crippen molar-refractivity contribution in [3.63, 3.8) is 0 Å². The molecule has 20 heavy (non-hydrogen) atoms. The molecule has 0 aromatic carbocycles. The van der Waals surface area contributed by atoms with Crippen LogP contribution in [-0.4, -0.2) is 17.7 Å². The predicted molar refractivity (Wildman–Crippen MR) is 91.3 cm³/mol. The first-order valence-corrected chi connectivity index (χ1v) is 9.82. The number of thiol groups is 1. The van der Waals surface area contributed by atoms with E-state index in [2.05, 4.69) is 25.2 Å². The fourth-order valence-corrected chi connectivity index (χ4v) is 4.37. The molecule has 6 heteroatoms. The lowest BCUT2D eigenvalue weighted by Gasteiger charge is -2.34. The molecular weight excluding hydrogens is 311 g/mol. The minimum atomic E-state index is -0.270. The molecule has 0 saturated heterocycles. The zero-order chi connectivity index (χ0) is 15.1. The van der Waals surface area contributed by atoms with Gasteiger partial charge in [-0.3, -0.25) is 3.97 Å². The van der Waals surface area contributed by atoms with Gasteiger partial charge in [-0.15, -0.1) is 0 Å². The highest BCUT2D eigenvalue weighted by atomic mass is 33.1. The molecular formula is C14H25O3PS2. The third kappa shape index (κ3) is 5.97. The van der Waals surface area contributed by atoms with Crippen LogP contribution in [0.5, 0.6) is 0 Å². The molecule has 0 aromatic rings. The quantitative estimate of drug-likeness (QED) is 0.181. The molecule has 0 amide bonds. The highest BCUT2D eigenvalue weighted by Crippen LogP contribution is 2.41. The summed E-state index contributed by atoms with van der Waals surface area (Å²) in [5, 5.41) is 0. The molecule has 1 fully saturated rings. The van der Waals surface area contributed by atoms with E-state index in [1.54, 1.807) is 6.92 Å². The van der Waals surface area contributed by atoms with Gasteiger partial charge in [0.2, 0.25) is 0 Å². The second kappa shape index (κ2) is 9.34. The van der Waals surface area contributed by atoms with E-state index in [0.29, 0.717) is 31.9 Å². The topological polar surface area (TPSA) is 35.5 Å². The van der Waals surface area contributed by atoms with Gasteiger partial charge in [-0.1, -0.05) is 25.2 Å². The van der Waals surface area contributed by atoms with Gasteiger partial charge in [0.25, 0.3) is 0 Å². The van der Waals surface area contributed by atoms with Crippen LogP contribution in [-0.2, 0) is 13.5 Å². The van der Waals surface area contributed by atoms with Crippen molar-refractivity contribution in [3.8, 4) is 0 Å². The van der Waals surface area contributed by atoms with E-state index in [1.165, 1.54) is 12.8 Å². The fraction of sp³-hybridized carbons (Fsp3) is 0.786. The Morgan fingerprint density at radius 3 is 2.35 bits per heavy atom. The Hall–Kier alpha value is 0.300. The number of carbonyl (C=O) groups excluding carboxylic acids is 1. The van der Waals surface area contributed by atoms with E-state index < -0.39 is 0 Å². The lowest BCUT2D eigenvalue weighted by atomic mass is 9.78. The number of ether oxygens (including phenoxy) is 1. The van der Waals surface area contributed by atoms with Gasteiger partial charge in [0, 0.05) is 20.0 Å². The molecule has 1 saturated carbocycles. The maximum atomic E-state index is 11.5. The summed E-state index contributed by atoms with van der Waals surface area (Å²) in [7, 11) is 0.506. The number of esters is 1. The van der Waals surface area contributed by atoms with E-state index >= 15 is 0 Å². The molecule has 0 N–H and O–H groups in total. The average Bonchev–Trinajstić information content (AvgIpc) is 2.44. The van der Waals surface area contributed by atoms with Crippen molar-refractivity contribution < 1.29 is 13.5 Å². The molecule has 1 aliphatic carbocycles. The summed E-state index contributed by atoms with van der Waals surface area (Å²) in [6.45, 7) is 9.56. The Kier molecular flexibility index (Phi) is 8.57. The van der Waals surface area contributed by atoms with Crippen LogP contribution in [0.3, 0.4) is 0 Å². The lowest BCUT2D eigenvalue weighted by molar-refractivity contribution is -0.146. The van der Waals surface area contributed by atoms with E-state index in [1.807, 2.05) is 6.92 Å². The number of rotatable bonds is 7. The molecule has 3 unspecified atom stereocenters. The summed E-state index contributed by atoms with van der Waals surface area (Å²) in [4.78, 5) is 11.5. The maximum Gasteiger partial charge on any atom is 0.333 e. The first-order chi connectivity index (χ1) is 9.45. The van der Waals surface area contributed by atoms with Gasteiger partial charge < -0.3 is 4.74 Å². The Morgan fingerprint density at radius 2 is 1.85 bits per heavy atom. The van der Waals surface area contributed by atoms with Crippen LogP contribution in [0.2, 0.25) is 0 Å². The van der Waals surface area contributed by atoms with Crippen LogP contribution >= 0.6 is 31.5 Å². The molecule has 0 radical (unpaired) electrons. The normalized spacial score (nSPS) is 26.4. The Balaban J connectivity index is 2.34. The second-order valence-electron chi connectivity index (χ2n) is 5.63. The average molecular weight is 336 g/mol. The zero-order valence-electron chi connectivity index (χ0n) is 12.4. The van der Waals surface area contributed by atoms with Crippen molar-refractivity contribution >= 4 is 37.5 Å². The number of carbonyl (C=O) groups is 1. The summed E-state index contributed by atoms with van der Waals surface area (Å²) in [5.74, 6) is 0.924. The summed E-state index contributed by atoms with van der Waals surface area (Å²) in [6, 6.07) is 0. The van der Waals surface area contributed by atoms with Crippen LogP contribution in [0.1, 0.15) is 46.5 Å². The molecule has 0 aromatic heterocycles. The summed E-state index contributed by atoms with van der Waals surface area (Å²) in [6.07, 6.45) is 4.61. The minimum absolute atomic E-state index is 0.0119. The van der Waals surface area contributed by atoms with Crippen molar-refractivity contribution in [2.75, 3.05) is 0 Å². The second-order valence-corrected chi connectivity index (χ2v) is 8.04. The molecule has 0 aliphatic heterocycles. The smallest absolute Gasteiger partial charge is 0.333 e. The molecule has 1 aliphatic rings. The minimum Gasteiger partial charge on any atom is -0.459 e. The third-order valence-corrected chi connectivity index (χ3v) is 6.30. The largest absolute Gasteiger partial charge is 0.459 e. The van der Waals surface area contributed by atoms with Gasteiger partial charge in [-0.2, -0.15) is 0 Å². The molecule has 1 rings (SSSR count). The number of hydrogen-bond donors (Lipinski definition) is 1. The third-order valence-electron chi connectivity index (χ3n) is 4.10. The van der Waals surface area contributed by atoms with Crippen LogP contribution < -0.4 is 0 Å². The van der Waals surface area contributed by atoms with Crippen LogP contribution in [0, 0.1) is 11.8 Å². The molecule has 0 bridgehead atoms. The van der Waals surface area contributed by atoms with Gasteiger partial charge in [0.05, 0.1) is 11.1 Å².